The maximum atomic E-state index is 2.74. The third-order valence-electron chi connectivity index (χ3n) is 7.25. The molecule has 3 atom stereocenters. The van der Waals surface area contributed by atoms with Gasteiger partial charge in [0, 0.05) is 24.3 Å². The van der Waals surface area contributed by atoms with Gasteiger partial charge < -0.3 is 0 Å². The van der Waals surface area contributed by atoms with Gasteiger partial charge in [-0.1, -0.05) is 18.6 Å². The van der Waals surface area contributed by atoms with Crippen molar-refractivity contribution in [1.82, 2.24) is 0 Å². The fraction of sp³-hybridized carbons (Fsp3) is 0.304. The molecule has 120 valence electrons. The van der Waals surface area contributed by atoms with E-state index >= 15 is 0 Å². The van der Waals surface area contributed by atoms with Gasteiger partial charge in [0.1, 0.15) is 11.5 Å². The normalized spacial score (nSPS) is 29.1. The predicted octanol–water partition coefficient (Wildman–Crippen LogP) is 3.29. The second-order valence-electron chi connectivity index (χ2n) is 8.12. The van der Waals surface area contributed by atoms with Crippen molar-refractivity contribution in [3.8, 4) is 11.3 Å². The van der Waals surface area contributed by atoms with Gasteiger partial charge in [0.05, 0.1) is 17.9 Å². The fourth-order valence-electron chi connectivity index (χ4n) is 6.63. The van der Waals surface area contributed by atoms with Gasteiger partial charge in [-0.15, -0.1) is 9.13 Å². The maximum Gasteiger partial charge on any atom is 0.393 e. The van der Waals surface area contributed by atoms with E-state index in [0.29, 0.717) is 11.8 Å². The molecule has 2 nitrogen and oxygen atoms in total. The number of benzene rings is 1. The first-order valence-electron chi connectivity index (χ1n) is 9.59. The Bertz CT molecular complexity index is 1080. The Kier molecular flexibility index (Phi) is 2.06. The summed E-state index contributed by atoms with van der Waals surface area (Å²) >= 11 is 0. The van der Waals surface area contributed by atoms with Gasteiger partial charge in [-0.05, 0) is 36.6 Å². The van der Waals surface area contributed by atoms with Crippen molar-refractivity contribution < 1.29 is 9.13 Å². The van der Waals surface area contributed by atoms with E-state index in [1.54, 1.807) is 11.3 Å². The molecule has 0 amide bonds. The van der Waals surface area contributed by atoms with Crippen molar-refractivity contribution in [1.29, 1.82) is 0 Å². The second-order valence-corrected chi connectivity index (χ2v) is 8.12. The summed E-state index contributed by atoms with van der Waals surface area (Å²) in [6, 6.07) is 20.7. The molecule has 4 aliphatic rings. The molecule has 1 saturated carbocycles. The lowest BCUT2D eigenvalue weighted by atomic mass is 9.78. The van der Waals surface area contributed by atoms with Crippen LogP contribution in [-0.4, -0.2) is 0 Å². The van der Waals surface area contributed by atoms with Gasteiger partial charge in [-0.3, -0.25) is 0 Å². The number of rotatable bonds is 0. The number of pyridine rings is 2. The summed E-state index contributed by atoms with van der Waals surface area (Å²) in [6.07, 6.45) is 7.43. The quantitative estimate of drug-likeness (QED) is 0.561. The van der Waals surface area contributed by atoms with E-state index < -0.39 is 0 Å². The first-order valence-corrected chi connectivity index (χ1v) is 9.59. The minimum Gasteiger partial charge on any atom is -0.131 e. The summed E-state index contributed by atoms with van der Waals surface area (Å²) in [6.45, 7) is 0. The van der Waals surface area contributed by atoms with E-state index in [0.717, 1.165) is 6.42 Å². The van der Waals surface area contributed by atoms with Gasteiger partial charge in [0.25, 0.3) is 0 Å². The van der Waals surface area contributed by atoms with Gasteiger partial charge in [0.15, 0.2) is 17.6 Å². The van der Waals surface area contributed by atoms with Crippen molar-refractivity contribution in [3.05, 3.63) is 83.3 Å². The smallest absolute Gasteiger partial charge is 0.131 e. The summed E-state index contributed by atoms with van der Waals surface area (Å²) in [5, 5.41) is 0. The lowest BCUT2D eigenvalue weighted by Gasteiger charge is -2.27. The number of aromatic nitrogens is 2. The first-order chi connectivity index (χ1) is 12.4. The maximum absolute atomic E-state index is 2.74. The Morgan fingerprint density at radius 2 is 1.88 bits per heavy atom. The molecule has 2 aromatic heterocycles. The number of hydrogen-bond donors (Lipinski definition) is 0. The minimum absolute atomic E-state index is 0.0200. The molecule has 25 heavy (non-hydrogen) atoms. The zero-order valence-corrected chi connectivity index (χ0v) is 14.2. The molecule has 0 radical (unpaired) electrons. The zero-order chi connectivity index (χ0) is 16.2. The van der Waals surface area contributed by atoms with Crippen molar-refractivity contribution in [3.63, 3.8) is 0 Å². The number of nitrogens with zero attached hydrogens (tertiary/aromatic N) is 2. The van der Waals surface area contributed by atoms with Gasteiger partial charge in [-0.25, -0.2) is 0 Å². The second kappa shape index (κ2) is 4.01. The van der Waals surface area contributed by atoms with Crippen LogP contribution in [0.15, 0.2) is 60.8 Å². The Hall–Kier alpha value is -2.48. The molecular formula is C23H20N2+2. The van der Waals surface area contributed by atoms with Crippen molar-refractivity contribution >= 4 is 0 Å². The molecule has 1 spiro atoms. The van der Waals surface area contributed by atoms with E-state index in [4.69, 9.17) is 0 Å². The fourth-order valence-corrected chi connectivity index (χ4v) is 6.63. The lowest BCUT2D eigenvalue weighted by Crippen LogP contribution is -2.75. The van der Waals surface area contributed by atoms with Crippen LogP contribution in [0.3, 0.4) is 0 Å². The Morgan fingerprint density at radius 3 is 2.88 bits per heavy atom. The molecule has 5 heterocycles. The Morgan fingerprint density at radius 1 is 0.920 bits per heavy atom. The lowest BCUT2D eigenvalue weighted by molar-refractivity contribution is -0.978. The number of fused-ring (bicyclic) bond motifs is 4. The molecule has 3 aromatic rings. The van der Waals surface area contributed by atoms with Crippen molar-refractivity contribution in [2.75, 3.05) is 0 Å². The SMILES string of the molecule is c1cc2c3c(c1)-c1cccc[n+]1C31C3CCCC3c3cccc([n+]31)C2. The Labute approximate surface area is 147 Å². The van der Waals surface area contributed by atoms with Crippen LogP contribution >= 0.6 is 0 Å². The molecule has 2 heteroatoms. The van der Waals surface area contributed by atoms with E-state index in [-0.39, 0.29) is 5.66 Å². The van der Waals surface area contributed by atoms with E-state index in [1.807, 2.05) is 0 Å². The highest BCUT2D eigenvalue weighted by Crippen LogP contribution is 2.57. The average molecular weight is 324 g/mol. The van der Waals surface area contributed by atoms with Crippen molar-refractivity contribution in [2.45, 2.75) is 37.3 Å². The van der Waals surface area contributed by atoms with E-state index in [9.17, 15) is 0 Å². The summed E-state index contributed by atoms with van der Waals surface area (Å²) in [7, 11) is 0. The molecule has 1 fully saturated rings. The summed E-state index contributed by atoms with van der Waals surface area (Å²) in [5.74, 6) is 1.39. The molecule has 1 aliphatic carbocycles. The highest BCUT2D eigenvalue weighted by molar-refractivity contribution is 5.68. The van der Waals surface area contributed by atoms with Crippen LogP contribution in [0.1, 0.15) is 47.7 Å². The van der Waals surface area contributed by atoms with Gasteiger partial charge in [-0.2, -0.15) is 0 Å². The third kappa shape index (κ3) is 1.20. The van der Waals surface area contributed by atoms with E-state index in [2.05, 4.69) is 69.9 Å². The highest BCUT2D eigenvalue weighted by Gasteiger charge is 2.75. The van der Waals surface area contributed by atoms with Crippen molar-refractivity contribution in [2.24, 2.45) is 5.92 Å². The molecule has 0 N–H and O–H groups in total. The largest absolute Gasteiger partial charge is 0.393 e. The molecule has 0 bridgehead atoms. The average Bonchev–Trinajstić information content (AvgIpc) is 3.31. The summed E-state index contributed by atoms with van der Waals surface area (Å²) in [5.41, 5.74) is 9.02. The first kappa shape index (κ1) is 12.8. The van der Waals surface area contributed by atoms with Crippen LogP contribution in [0, 0.1) is 5.92 Å². The molecular weight excluding hydrogens is 304 g/mol. The monoisotopic (exact) mass is 324 g/mol. The molecule has 1 aromatic carbocycles. The molecule has 7 rings (SSSR count). The molecule has 3 unspecified atom stereocenters. The van der Waals surface area contributed by atoms with Crippen LogP contribution in [0.4, 0.5) is 0 Å². The van der Waals surface area contributed by atoms with Crippen LogP contribution in [0.5, 0.6) is 0 Å². The van der Waals surface area contributed by atoms with Gasteiger partial charge in [0.2, 0.25) is 5.69 Å². The minimum atomic E-state index is -0.0200. The zero-order valence-electron chi connectivity index (χ0n) is 14.2. The standard InChI is InChI=1S/C23H20N2/c1-2-13-24-20(11-1)18-9-3-6-15-14-16-7-4-12-21-17-8-5-10-19(17)23(24,22(15)18)25(16)21/h1-4,6-7,9,11-13,17,19H,5,8,10,14H2/q+2. The molecule has 3 aliphatic heterocycles. The predicted molar refractivity (Wildman–Crippen MR) is 94.1 cm³/mol. The number of hydrogen-bond acceptors (Lipinski definition) is 0. The topological polar surface area (TPSA) is 7.76 Å². The van der Waals surface area contributed by atoms with E-state index in [1.165, 1.54) is 41.8 Å². The third-order valence-corrected chi connectivity index (χ3v) is 7.25. The Balaban J connectivity index is 1.74. The summed E-state index contributed by atoms with van der Waals surface area (Å²) in [4.78, 5) is 0. The highest BCUT2D eigenvalue weighted by atomic mass is 15.3. The summed E-state index contributed by atoms with van der Waals surface area (Å²) < 4.78 is 5.35. The van der Waals surface area contributed by atoms with Crippen LogP contribution in [0.25, 0.3) is 11.3 Å². The van der Waals surface area contributed by atoms with Crippen LogP contribution in [-0.2, 0) is 12.1 Å². The van der Waals surface area contributed by atoms with Gasteiger partial charge >= 0.3 is 5.66 Å². The van der Waals surface area contributed by atoms with Crippen LogP contribution in [0.2, 0.25) is 0 Å². The molecule has 0 saturated heterocycles. The van der Waals surface area contributed by atoms with Crippen LogP contribution < -0.4 is 9.13 Å².